The summed E-state index contributed by atoms with van der Waals surface area (Å²) >= 11 is 0. The van der Waals surface area contributed by atoms with Gasteiger partial charge in [-0.2, -0.15) is 0 Å². The lowest BCUT2D eigenvalue weighted by atomic mass is 10.1. The number of ether oxygens (including phenoxy) is 2. The predicted octanol–water partition coefficient (Wildman–Crippen LogP) is 2.94. The van der Waals surface area contributed by atoms with Gasteiger partial charge in [0, 0.05) is 12.3 Å². The lowest BCUT2D eigenvalue weighted by molar-refractivity contribution is -0.115. The Morgan fingerprint density at radius 1 is 1.08 bits per heavy atom. The van der Waals surface area contributed by atoms with Crippen molar-refractivity contribution in [2.75, 3.05) is 19.5 Å². The summed E-state index contributed by atoms with van der Waals surface area (Å²) in [5, 5.41) is 6.59. The largest absolute Gasteiger partial charge is 0.493 e. The fourth-order valence-electron chi connectivity index (χ4n) is 2.33. The van der Waals surface area contributed by atoms with Crippen LogP contribution in [-0.4, -0.2) is 30.3 Å². The molecule has 0 spiro atoms. The third-order valence-electron chi connectivity index (χ3n) is 3.51. The van der Waals surface area contributed by atoms with E-state index < -0.39 is 0 Å². The minimum atomic E-state index is -0.226. The van der Waals surface area contributed by atoms with Crippen molar-refractivity contribution in [2.24, 2.45) is 0 Å². The highest BCUT2D eigenvalue weighted by atomic mass is 16.5. The number of amides is 1. The Labute approximate surface area is 144 Å². The van der Waals surface area contributed by atoms with Gasteiger partial charge in [-0.25, -0.2) is 0 Å². The van der Waals surface area contributed by atoms with Crippen LogP contribution in [0.5, 0.6) is 11.5 Å². The van der Waals surface area contributed by atoms with E-state index in [0.29, 0.717) is 22.9 Å². The highest BCUT2D eigenvalue weighted by Gasteiger charge is 2.12. The minimum Gasteiger partial charge on any atom is -0.493 e. The van der Waals surface area contributed by atoms with Gasteiger partial charge in [0.15, 0.2) is 11.5 Å². The highest BCUT2D eigenvalue weighted by molar-refractivity contribution is 5.91. The number of methoxy groups -OCH3 is 2. The molecule has 25 heavy (non-hydrogen) atoms. The van der Waals surface area contributed by atoms with E-state index in [9.17, 15) is 4.79 Å². The Kier molecular flexibility index (Phi) is 4.94. The Morgan fingerprint density at radius 3 is 2.64 bits per heavy atom. The number of hydrogen-bond acceptors (Lipinski definition) is 6. The standard InChI is InChI=1S/C18H17N3O4/c1-23-15-7-6-12(9-16(15)24-2)10-17(22)20-18-11-14(21-25-18)13-5-3-4-8-19-13/h3-9,11H,10H2,1-2H3,(H,20,22). The van der Waals surface area contributed by atoms with Crippen molar-refractivity contribution in [1.29, 1.82) is 0 Å². The quantitative estimate of drug-likeness (QED) is 0.743. The lowest BCUT2D eigenvalue weighted by Gasteiger charge is -2.09. The van der Waals surface area contributed by atoms with Gasteiger partial charge in [-0.05, 0) is 29.8 Å². The van der Waals surface area contributed by atoms with Gasteiger partial charge in [-0.1, -0.05) is 17.3 Å². The molecule has 3 aromatic rings. The van der Waals surface area contributed by atoms with E-state index >= 15 is 0 Å². The van der Waals surface area contributed by atoms with Crippen LogP contribution < -0.4 is 14.8 Å². The first-order valence-corrected chi connectivity index (χ1v) is 7.58. The molecule has 7 nitrogen and oxygen atoms in total. The summed E-state index contributed by atoms with van der Waals surface area (Å²) in [7, 11) is 3.11. The molecule has 0 unspecified atom stereocenters. The van der Waals surface area contributed by atoms with Crippen molar-refractivity contribution in [3.05, 3.63) is 54.2 Å². The monoisotopic (exact) mass is 339 g/mol. The zero-order valence-corrected chi connectivity index (χ0v) is 13.9. The molecule has 1 amide bonds. The normalized spacial score (nSPS) is 10.3. The highest BCUT2D eigenvalue weighted by Crippen LogP contribution is 2.28. The average molecular weight is 339 g/mol. The molecular weight excluding hydrogens is 322 g/mol. The molecule has 3 rings (SSSR count). The molecule has 2 aromatic heterocycles. The molecule has 0 aliphatic rings. The van der Waals surface area contributed by atoms with Crippen LogP contribution in [0.4, 0.5) is 5.88 Å². The minimum absolute atomic E-state index is 0.167. The van der Waals surface area contributed by atoms with E-state index in [0.717, 1.165) is 5.56 Å². The molecule has 0 saturated heterocycles. The van der Waals surface area contributed by atoms with Crippen molar-refractivity contribution in [3.63, 3.8) is 0 Å². The van der Waals surface area contributed by atoms with Gasteiger partial charge in [-0.3, -0.25) is 15.1 Å². The van der Waals surface area contributed by atoms with Crippen molar-refractivity contribution < 1.29 is 18.8 Å². The molecule has 0 radical (unpaired) electrons. The molecule has 128 valence electrons. The summed E-state index contributed by atoms with van der Waals surface area (Å²) in [5.41, 5.74) is 2.02. The first-order valence-electron chi connectivity index (χ1n) is 7.58. The topological polar surface area (TPSA) is 86.5 Å². The number of aromatic nitrogens is 2. The molecule has 0 fully saturated rings. The molecule has 2 heterocycles. The van der Waals surface area contributed by atoms with Crippen LogP contribution in [0.25, 0.3) is 11.4 Å². The van der Waals surface area contributed by atoms with E-state index in [1.807, 2.05) is 18.2 Å². The number of pyridine rings is 1. The number of nitrogens with zero attached hydrogens (tertiary/aromatic N) is 2. The molecule has 0 aliphatic carbocycles. The maximum absolute atomic E-state index is 12.2. The molecular formula is C18H17N3O4. The van der Waals surface area contributed by atoms with E-state index in [-0.39, 0.29) is 18.2 Å². The van der Waals surface area contributed by atoms with Crippen molar-refractivity contribution >= 4 is 11.8 Å². The number of carbonyl (C=O) groups excluding carboxylic acids is 1. The number of rotatable bonds is 6. The van der Waals surface area contributed by atoms with Crippen molar-refractivity contribution in [3.8, 4) is 22.9 Å². The van der Waals surface area contributed by atoms with Gasteiger partial charge >= 0.3 is 0 Å². The first kappa shape index (κ1) is 16.5. The molecule has 0 saturated carbocycles. The van der Waals surface area contributed by atoms with Crippen LogP contribution in [0, 0.1) is 0 Å². The third-order valence-corrected chi connectivity index (χ3v) is 3.51. The smallest absolute Gasteiger partial charge is 0.231 e. The van der Waals surface area contributed by atoms with E-state index in [1.54, 1.807) is 44.7 Å². The van der Waals surface area contributed by atoms with Gasteiger partial charge in [0.25, 0.3) is 0 Å². The maximum atomic E-state index is 12.2. The van der Waals surface area contributed by atoms with Gasteiger partial charge in [0.05, 0.1) is 26.3 Å². The summed E-state index contributed by atoms with van der Waals surface area (Å²) in [4.78, 5) is 16.4. The second-order valence-corrected chi connectivity index (χ2v) is 5.21. The lowest BCUT2D eigenvalue weighted by Crippen LogP contribution is -2.14. The van der Waals surface area contributed by atoms with Crippen LogP contribution in [0.15, 0.2) is 53.2 Å². The Balaban J connectivity index is 1.66. The summed E-state index contributed by atoms with van der Waals surface area (Å²) in [5.74, 6) is 1.23. The van der Waals surface area contributed by atoms with E-state index in [4.69, 9.17) is 14.0 Å². The predicted molar refractivity (Wildman–Crippen MR) is 91.6 cm³/mol. The number of benzene rings is 1. The number of nitrogens with one attached hydrogen (secondary N) is 1. The van der Waals surface area contributed by atoms with E-state index in [1.165, 1.54) is 0 Å². The van der Waals surface area contributed by atoms with Gasteiger partial charge < -0.3 is 14.0 Å². The second-order valence-electron chi connectivity index (χ2n) is 5.21. The van der Waals surface area contributed by atoms with Crippen molar-refractivity contribution in [2.45, 2.75) is 6.42 Å². The SMILES string of the molecule is COc1ccc(CC(=O)Nc2cc(-c3ccccn3)no2)cc1OC. The number of anilines is 1. The fraction of sp³-hybridized carbons (Fsp3) is 0.167. The van der Waals surface area contributed by atoms with Crippen LogP contribution in [0.1, 0.15) is 5.56 Å². The molecule has 7 heteroatoms. The molecule has 0 aliphatic heterocycles. The zero-order valence-electron chi connectivity index (χ0n) is 13.9. The summed E-state index contributed by atoms with van der Waals surface area (Å²) in [6, 6.07) is 12.4. The second kappa shape index (κ2) is 7.48. The third kappa shape index (κ3) is 3.95. The van der Waals surface area contributed by atoms with Crippen LogP contribution in [0.3, 0.4) is 0 Å². The van der Waals surface area contributed by atoms with Crippen molar-refractivity contribution in [1.82, 2.24) is 10.1 Å². The van der Waals surface area contributed by atoms with Gasteiger partial charge in [0.2, 0.25) is 11.8 Å². The van der Waals surface area contributed by atoms with Crippen LogP contribution in [0.2, 0.25) is 0 Å². The fourth-order valence-corrected chi connectivity index (χ4v) is 2.33. The summed E-state index contributed by atoms with van der Waals surface area (Å²) in [6.45, 7) is 0. The Bertz CT molecular complexity index is 862. The molecule has 1 N–H and O–H groups in total. The number of carbonyl (C=O) groups is 1. The van der Waals surface area contributed by atoms with E-state index in [2.05, 4.69) is 15.5 Å². The van der Waals surface area contributed by atoms with Crippen LogP contribution in [-0.2, 0) is 11.2 Å². The Hall–Kier alpha value is -3.35. The first-order chi connectivity index (χ1) is 12.2. The maximum Gasteiger partial charge on any atom is 0.231 e. The summed E-state index contributed by atoms with van der Waals surface area (Å²) < 4.78 is 15.6. The van der Waals surface area contributed by atoms with Crippen LogP contribution >= 0.6 is 0 Å². The Morgan fingerprint density at radius 2 is 1.92 bits per heavy atom. The van der Waals surface area contributed by atoms with Gasteiger partial charge in [-0.15, -0.1) is 0 Å². The zero-order chi connectivity index (χ0) is 17.6. The van der Waals surface area contributed by atoms with Gasteiger partial charge in [0.1, 0.15) is 5.69 Å². The number of hydrogen-bond donors (Lipinski definition) is 1. The molecule has 0 atom stereocenters. The molecule has 0 bridgehead atoms. The average Bonchev–Trinajstić information content (AvgIpc) is 3.10. The molecule has 1 aromatic carbocycles. The summed E-state index contributed by atoms with van der Waals surface area (Å²) in [6.07, 6.45) is 1.83.